The van der Waals surface area contributed by atoms with Crippen LogP contribution < -0.4 is 0 Å². The maximum Gasteiger partial charge on any atom is 0.214 e. The summed E-state index contributed by atoms with van der Waals surface area (Å²) in [6.07, 6.45) is 3.08. The van der Waals surface area contributed by atoms with Gasteiger partial charge in [0.25, 0.3) is 0 Å². The Morgan fingerprint density at radius 1 is 1.38 bits per heavy atom. The van der Waals surface area contributed by atoms with Crippen molar-refractivity contribution in [1.29, 1.82) is 0 Å². The lowest BCUT2D eigenvalue weighted by atomic mass is 10.1. The quantitative estimate of drug-likeness (QED) is 0.724. The molecule has 0 spiro atoms. The molecule has 1 aromatic carbocycles. The second-order valence-electron chi connectivity index (χ2n) is 5.59. The van der Waals surface area contributed by atoms with Crippen molar-refractivity contribution in [2.24, 2.45) is 0 Å². The van der Waals surface area contributed by atoms with Gasteiger partial charge in [0.05, 0.1) is 5.75 Å². The number of likely N-dealkylation sites (N-methyl/N-ethyl adjacent to an activating group) is 1. The number of rotatable bonds is 7. The Kier molecular flexibility index (Phi) is 5.56. The Labute approximate surface area is 128 Å². The molecule has 0 aromatic heterocycles. The molecule has 5 heteroatoms. The Hall–Kier alpha value is -1.17. The van der Waals surface area contributed by atoms with E-state index in [2.05, 4.69) is 30.7 Å². The molecule has 0 saturated carbocycles. The molecule has 1 saturated heterocycles. The van der Waals surface area contributed by atoms with Crippen molar-refractivity contribution < 1.29 is 8.42 Å². The molecule has 1 heterocycles. The third-order valence-electron chi connectivity index (χ3n) is 4.00. The number of allylic oxidation sites excluding steroid dienone is 1. The molecule has 0 amide bonds. The van der Waals surface area contributed by atoms with E-state index in [1.54, 1.807) is 10.4 Å². The van der Waals surface area contributed by atoms with E-state index in [0.717, 1.165) is 13.0 Å². The molecule has 1 aromatic rings. The molecule has 0 aliphatic carbocycles. The number of sulfonamides is 1. The monoisotopic (exact) mass is 308 g/mol. The summed E-state index contributed by atoms with van der Waals surface area (Å²) in [4.78, 5) is 2.25. The summed E-state index contributed by atoms with van der Waals surface area (Å²) in [5.74, 6) is 0.172. The average Bonchev–Trinajstić information content (AvgIpc) is 2.97. The highest BCUT2D eigenvalue weighted by Gasteiger charge is 2.32. The fourth-order valence-corrected chi connectivity index (χ4v) is 4.19. The van der Waals surface area contributed by atoms with Crippen molar-refractivity contribution in [1.82, 2.24) is 9.21 Å². The minimum atomic E-state index is -3.13. The van der Waals surface area contributed by atoms with Crippen LogP contribution in [0.4, 0.5) is 0 Å². The first-order valence-corrected chi connectivity index (χ1v) is 8.97. The molecule has 0 unspecified atom stereocenters. The highest BCUT2D eigenvalue weighted by molar-refractivity contribution is 7.89. The maximum absolute atomic E-state index is 12.2. The molecule has 1 aliphatic heterocycles. The van der Waals surface area contributed by atoms with Gasteiger partial charge in [-0.2, -0.15) is 0 Å². The first-order chi connectivity index (χ1) is 10.0. The lowest BCUT2D eigenvalue weighted by molar-refractivity contribution is 0.242. The van der Waals surface area contributed by atoms with Crippen LogP contribution in [-0.2, 0) is 16.6 Å². The molecule has 2 rings (SSSR count). The van der Waals surface area contributed by atoms with Gasteiger partial charge in [0.2, 0.25) is 10.0 Å². The zero-order valence-corrected chi connectivity index (χ0v) is 13.4. The van der Waals surface area contributed by atoms with Crippen LogP contribution in [0.3, 0.4) is 0 Å². The minimum Gasteiger partial charge on any atom is -0.298 e. The number of hydrogen-bond acceptors (Lipinski definition) is 3. The lowest BCUT2D eigenvalue weighted by Gasteiger charge is -2.24. The smallest absolute Gasteiger partial charge is 0.214 e. The van der Waals surface area contributed by atoms with Gasteiger partial charge in [-0.25, -0.2) is 12.7 Å². The van der Waals surface area contributed by atoms with Crippen LogP contribution in [-0.4, -0.2) is 49.6 Å². The van der Waals surface area contributed by atoms with E-state index in [4.69, 9.17) is 0 Å². The molecule has 0 bridgehead atoms. The van der Waals surface area contributed by atoms with Gasteiger partial charge >= 0.3 is 0 Å². The molecule has 21 heavy (non-hydrogen) atoms. The molecule has 1 fully saturated rings. The van der Waals surface area contributed by atoms with Crippen LogP contribution in [0.15, 0.2) is 43.0 Å². The van der Waals surface area contributed by atoms with Crippen molar-refractivity contribution in [2.75, 3.05) is 25.9 Å². The molecule has 0 N–H and O–H groups in total. The number of benzene rings is 1. The van der Waals surface area contributed by atoms with Crippen molar-refractivity contribution >= 4 is 10.0 Å². The first kappa shape index (κ1) is 16.2. The van der Waals surface area contributed by atoms with Gasteiger partial charge < -0.3 is 0 Å². The predicted molar refractivity (Wildman–Crippen MR) is 86.5 cm³/mol. The van der Waals surface area contributed by atoms with Gasteiger partial charge in [0.15, 0.2) is 0 Å². The number of hydrogen-bond donors (Lipinski definition) is 0. The first-order valence-electron chi connectivity index (χ1n) is 7.36. The third kappa shape index (κ3) is 4.40. The molecular weight excluding hydrogens is 284 g/mol. The topological polar surface area (TPSA) is 40.6 Å². The van der Waals surface area contributed by atoms with E-state index >= 15 is 0 Å². The van der Waals surface area contributed by atoms with Crippen molar-refractivity contribution in [3.63, 3.8) is 0 Å². The van der Waals surface area contributed by atoms with E-state index in [-0.39, 0.29) is 5.75 Å². The van der Waals surface area contributed by atoms with Gasteiger partial charge in [-0.1, -0.05) is 36.4 Å². The van der Waals surface area contributed by atoms with Gasteiger partial charge in [0.1, 0.15) is 0 Å². The Morgan fingerprint density at radius 2 is 2.10 bits per heavy atom. The standard InChI is InChI=1S/C16H24N2O2S/c1-3-4-12-21(19,20)18-11-10-16(14-18)17(2)13-15-8-6-5-7-9-15/h3,5-9,16H,1,4,10-14H2,2H3/t16-/m0/s1. The highest BCUT2D eigenvalue weighted by atomic mass is 32.2. The summed E-state index contributed by atoms with van der Waals surface area (Å²) >= 11 is 0. The van der Waals surface area contributed by atoms with E-state index in [1.807, 2.05) is 18.2 Å². The predicted octanol–water partition coefficient (Wildman–Crippen LogP) is 2.10. The largest absolute Gasteiger partial charge is 0.298 e. The summed E-state index contributed by atoms with van der Waals surface area (Å²) in [6, 6.07) is 10.6. The minimum absolute atomic E-state index is 0.172. The van der Waals surface area contributed by atoms with E-state index in [9.17, 15) is 8.42 Å². The Morgan fingerprint density at radius 3 is 2.76 bits per heavy atom. The van der Waals surface area contributed by atoms with Gasteiger partial charge in [-0.15, -0.1) is 6.58 Å². The van der Waals surface area contributed by atoms with Crippen LogP contribution in [0.5, 0.6) is 0 Å². The number of nitrogens with zero attached hydrogens (tertiary/aromatic N) is 2. The zero-order valence-electron chi connectivity index (χ0n) is 12.6. The molecule has 4 nitrogen and oxygen atoms in total. The summed E-state index contributed by atoms with van der Waals surface area (Å²) in [5.41, 5.74) is 1.26. The molecule has 1 atom stereocenters. The zero-order chi connectivity index (χ0) is 15.3. The van der Waals surface area contributed by atoms with Crippen molar-refractivity contribution in [3.8, 4) is 0 Å². The van der Waals surface area contributed by atoms with Crippen molar-refractivity contribution in [2.45, 2.75) is 25.4 Å². The van der Waals surface area contributed by atoms with Crippen LogP contribution in [0, 0.1) is 0 Å². The molecule has 116 valence electrons. The fourth-order valence-electron chi connectivity index (χ4n) is 2.68. The summed E-state index contributed by atoms with van der Waals surface area (Å²) < 4.78 is 26.0. The maximum atomic E-state index is 12.2. The highest BCUT2D eigenvalue weighted by Crippen LogP contribution is 2.20. The van der Waals surface area contributed by atoms with Gasteiger partial charge in [0, 0.05) is 25.7 Å². The van der Waals surface area contributed by atoms with Crippen LogP contribution in [0.1, 0.15) is 18.4 Å². The van der Waals surface area contributed by atoms with E-state index in [1.165, 1.54) is 5.56 Å². The van der Waals surface area contributed by atoms with Crippen molar-refractivity contribution in [3.05, 3.63) is 48.6 Å². The van der Waals surface area contributed by atoms with Crippen LogP contribution >= 0.6 is 0 Å². The Balaban J connectivity index is 1.91. The van der Waals surface area contributed by atoms with E-state index < -0.39 is 10.0 Å². The van der Waals surface area contributed by atoms with Gasteiger partial charge in [-0.05, 0) is 25.5 Å². The molecule has 1 aliphatic rings. The SMILES string of the molecule is C=CCCS(=O)(=O)N1CC[C@H](N(C)Cc2ccccc2)C1. The third-order valence-corrected chi connectivity index (χ3v) is 5.87. The average molecular weight is 308 g/mol. The Bertz CT molecular complexity index is 557. The molecule has 0 radical (unpaired) electrons. The second kappa shape index (κ2) is 7.20. The normalized spacial score (nSPS) is 20.0. The van der Waals surface area contributed by atoms with E-state index in [0.29, 0.717) is 25.6 Å². The lowest BCUT2D eigenvalue weighted by Crippen LogP contribution is -2.37. The summed E-state index contributed by atoms with van der Waals surface area (Å²) in [5, 5.41) is 0. The summed E-state index contributed by atoms with van der Waals surface area (Å²) in [6.45, 7) is 5.67. The fraction of sp³-hybridized carbons (Fsp3) is 0.500. The second-order valence-corrected chi connectivity index (χ2v) is 7.68. The summed E-state index contributed by atoms with van der Waals surface area (Å²) in [7, 11) is -1.06. The van der Waals surface area contributed by atoms with Gasteiger partial charge in [-0.3, -0.25) is 4.90 Å². The van der Waals surface area contributed by atoms with Crippen LogP contribution in [0.2, 0.25) is 0 Å². The molecular formula is C16H24N2O2S. The van der Waals surface area contributed by atoms with Crippen LogP contribution in [0.25, 0.3) is 0 Å².